The van der Waals surface area contributed by atoms with Gasteiger partial charge in [-0.15, -0.1) is 5.10 Å². The van der Waals surface area contributed by atoms with Gasteiger partial charge in [-0.2, -0.15) is 0 Å². The molecule has 0 spiro atoms. The van der Waals surface area contributed by atoms with Crippen LogP contribution in [-0.2, 0) is 9.84 Å². The fourth-order valence-electron chi connectivity index (χ4n) is 2.67. The Morgan fingerprint density at radius 2 is 1.70 bits per heavy atom. The molecule has 0 saturated carbocycles. The Bertz CT molecular complexity index is 1270. The number of sulfone groups is 1. The molecule has 1 aromatic carbocycles. The molecule has 3 heterocycles. The molecule has 0 radical (unpaired) electrons. The second kappa shape index (κ2) is 7.95. The van der Waals surface area contributed by atoms with Gasteiger partial charge in [0.15, 0.2) is 21.5 Å². The van der Waals surface area contributed by atoms with Crippen molar-refractivity contribution in [2.75, 3.05) is 12.9 Å². The van der Waals surface area contributed by atoms with E-state index in [1.807, 2.05) is 12.1 Å². The number of rotatable bonds is 6. The van der Waals surface area contributed by atoms with E-state index < -0.39 is 9.84 Å². The Kier molecular flexibility index (Phi) is 5.19. The van der Waals surface area contributed by atoms with Gasteiger partial charge in [-0.05, 0) is 30.3 Å². The van der Waals surface area contributed by atoms with Crippen molar-refractivity contribution in [2.24, 2.45) is 0 Å². The van der Waals surface area contributed by atoms with Crippen molar-refractivity contribution in [1.29, 1.82) is 0 Å². The Labute approximate surface area is 172 Å². The van der Waals surface area contributed by atoms with Gasteiger partial charge in [-0.3, -0.25) is 0 Å². The van der Waals surface area contributed by atoms with Crippen LogP contribution in [0.2, 0.25) is 0 Å². The lowest BCUT2D eigenvalue weighted by Crippen LogP contribution is -2.10. The van der Waals surface area contributed by atoms with Crippen molar-refractivity contribution in [3.05, 3.63) is 55.2 Å². The Morgan fingerprint density at radius 1 is 0.967 bits per heavy atom. The summed E-state index contributed by atoms with van der Waals surface area (Å²) in [4.78, 5) is 21.0. The van der Waals surface area contributed by atoms with E-state index in [0.717, 1.165) is 5.69 Å². The molecule has 0 aliphatic rings. The number of hydrogen-bond donors (Lipinski definition) is 0. The average molecular weight is 423 g/mol. The summed E-state index contributed by atoms with van der Waals surface area (Å²) in [6, 6.07) is 8.87. The smallest absolute Gasteiger partial charge is 0.201 e. The van der Waals surface area contributed by atoms with Crippen LogP contribution in [0.5, 0.6) is 5.75 Å². The van der Waals surface area contributed by atoms with E-state index in [2.05, 4.69) is 30.0 Å². The summed E-state index contributed by atoms with van der Waals surface area (Å²) in [5.41, 5.74) is 0.830. The third-order valence-corrected chi connectivity index (χ3v) is 6.01. The third-order valence-electron chi connectivity index (χ3n) is 4.28. The summed E-state index contributed by atoms with van der Waals surface area (Å²) in [6.45, 7) is 1.55. The highest BCUT2D eigenvalue weighted by atomic mass is 32.2. The molecule has 0 fully saturated rings. The van der Waals surface area contributed by atoms with Gasteiger partial charge >= 0.3 is 0 Å². The van der Waals surface area contributed by atoms with Crippen molar-refractivity contribution < 1.29 is 13.2 Å². The fourth-order valence-corrected chi connectivity index (χ4v) is 3.62. The topological polar surface area (TPSA) is 126 Å². The molecule has 0 unspecified atom stereocenters. The van der Waals surface area contributed by atoms with Gasteiger partial charge in [-0.1, -0.05) is 6.92 Å². The number of benzene rings is 1. The molecule has 30 heavy (non-hydrogen) atoms. The minimum absolute atomic E-state index is 0.0443. The Morgan fingerprint density at radius 3 is 2.37 bits per heavy atom. The SMILES string of the molecule is CCS(=O)(=O)c1cnc(-c2ncccn2)nc1-c1ncn(-c2ccc(OC)cc2)n1. The summed E-state index contributed by atoms with van der Waals surface area (Å²) in [6.07, 6.45) is 5.85. The predicted molar refractivity (Wildman–Crippen MR) is 108 cm³/mol. The van der Waals surface area contributed by atoms with Gasteiger partial charge in [0.2, 0.25) is 5.82 Å². The number of nitrogens with zero attached hydrogens (tertiary/aromatic N) is 7. The van der Waals surface area contributed by atoms with Crippen LogP contribution in [0.15, 0.2) is 60.1 Å². The maximum Gasteiger partial charge on any atom is 0.201 e. The standard InChI is InChI=1S/C19H17N7O3S/c1-3-30(27,28)15-11-22-19(18-20-9-4-10-21-18)24-16(15)17-23-12-26(25-17)13-5-7-14(29-2)8-6-13/h4-12H,3H2,1-2H3. The molecule has 0 bridgehead atoms. The normalized spacial score (nSPS) is 11.4. The van der Waals surface area contributed by atoms with E-state index in [1.54, 1.807) is 44.6 Å². The molecule has 0 aliphatic heterocycles. The molecule has 4 rings (SSSR count). The molecule has 10 nitrogen and oxygen atoms in total. The average Bonchev–Trinajstić information content (AvgIpc) is 3.29. The molecule has 0 aliphatic carbocycles. The summed E-state index contributed by atoms with van der Waals surface area (Å²) < 4.78 is 31.9. The zero-order valence-electron chi connectivity index (χ0n) is 16.2. The van der Waals surface area contributed by atoms with E-state index in [9.17, 15) is 8.42 Å². The van der Waals surface area contributed by atoms with E-state index in [-0.39, 0.29) is 33.8 Å². The maximum atomic E-state index is 12.6. The monoisotopic (exact) mass is 423 g/mol. The van der Waals surface area contributed by atoms with Crippen LogP contribution in [0.4, 0.5) is 0 Å². The van der Waals surface area contributed by atoms with Crippen molar-refractivity contribution >= 4 is 9.84 Å². The number of ether oxygens (including phenoxy) is 1. The third kappa shape index (κ3) is 3.74. The molecule has 3 aromatic heterocycles. The second-order valence-corrected chi connectivity index (χ2v) is 8.34. The van der Waals surface area contributed by atoms with Crippen LogP contribution in [0.1, 0.15) is 6.92 Å². The molecule has 0 saturated heterocycles. The van der Waals surface area contributed by atoms with Gasteiger partial charge in [0.25, 0.3) is 0 Å². The molecule has 4 aromatic rings. The lowest BCUT2D eigenvalue weighted by molar-refractivity contribution is 0.414. The first-order chi connectivity index (χ1) is 14.5. The number of methoxy groups -OCH3 is 1. The van der Waals surface area contributed by atoms with Crippen LogP contribution < -0.4 is 4.74 Å². The van der Waals surface area contributed by atoms with Gasteiger partial charge in [-0.25, -0.2) is 38.0 Å². The van der Waals surface area contributed by atoms with Crippen LogP contribution in [0.3, 0.4) is 0 Å². The van der Waals surface area contributed by atoms with Crippen LogP contribution in [0.25, 0.3) is 28.9 Å². The summed E-state index contributed by atoms with van der Waals surface area (Å²) in [5, 5.41) is 4.42. The van der Waals surface area contributed by atoms with Crippen molar-refractivity contribution in [2.45, 2.75) is 11.8 Å². The van der Waals surface area contributed by atoms with E-state index in [0.29, 0.717) is 5.75 Å². The molecule has 0 N–H and O–H groups in total. The highest BCUT2D eigenvalue weighted by Gasteiger charge is 2.24. The second-order valence-electron chi connectivity index (χ2n) is 6.09. The predicted octanol–water partition coefficient (Wildman–Crippen LogP) is 1.98. The van der Waals surface area contributed by atoms with Crippen molar-refractivity contribution in [3.8, 4) is 34.6 Å². The molecular weight excluding hydrogens is 406 g/mol. The maximum absolute atomic E-state index is 12.6. The van der Waals surface area contributed by atoms with E-state index >= 15 is 0 Å². The van der Waals surface area contributed by atoms with Crippen molar-refractivity contribution in [3.63, 3.8) is 0 Å². The van der Waals surface area contributed by atoms with Crippen LogP contribution in [0, 0.1) is 0 Å². The lowest BCUT2D eigenvalue weighted by atomic mass is 10.3. The zero-order valence-corrected chi connectivity index (χ0v) is 17.0. The summed E-state index contributed by atoms with van der Waals surface area (Å²) in [5.74, 6) is 1.20. The quantitative estimate of drug-likeness (QED) is 0.457. The molecule has 152 valence electrons. The van der Waals surface area contributed by atoms with Crippen LogP contribution in [-0.4, -0.2) is 56.0 Å². The first kappa shape index (κ1) is 19.6. The zero-order chi connectivity index (χ0) is 21.1. The van der Waals surface area contributed by atoms with Crippen molar-refractivity contribution in [1.82, 2.24) is 34.7 Å². The first-order valence-electron chi connectivity index (χ1n) is 8.95. The molecule has 11 heteroatoms. The van der Waals surface area contributed by atoms with Gasteiger partial charge in [0.05, 0.1) is 24.7 Å². The molecular formula is C19H17N7O3S. The van der Waals surface area contributed by atoms with Gasteiger partial charge in [0, 0.05) is 12.4 Å². The number of hydrogen-bond acceptors (Lipinski definition) is 9. The lowest BCUT2D eigenvalue weighted by Gasteiger charge is -2.07. The minimum Gasteiger partial charge on any atom is -0.497 e. The largest absolute Gasteiger partial charge is 0.497 e. The molecule has 0 atom stereocenters. The van der Waals surface area contributed by atoms with E-state index in [4.69, 9.17) is 4.74 Å². The highest BCUT2D eigenvalue weighted by molar-refractivity contribution is 7.91. The minimum atomic E-state index is -3.61. The Balaban J connectivity index is 1.83. The fraction of sp³-hybridized carbons (Fsp3) is 0.158. The first-order valence-corrected chi connectivity index (χ1v) is 10.6. The Hall–Kier alpha value is -3.73. The summed E-state index contributed by atoms with van der Waals surface area (Å²) in [7, 11) is -2.03. The highest BCUT2D eigenvalue weighted by Crippen LogP contribution is 2.25. The van der Waals surface area contributed by atoms with Gasteiger partial charge in [0.1, 0.15) is 22.7 Å². The summed E-state index contributed by atoms with van der Waals surface area (Å²) >= 11 is 0. The van der Waals surface area contributed by atoms with Gasteiger partial charge < -0.3 is 4.74 Å². The van der Waals surface area contributed by atoms with Crippen LogP contribution >= 0.6 is 0 Å². The molecule has 0 amide bonds. The van der Waals surface area contributed by atoms with E-state index in [1.165, 1.54) is 17.2 Å². The number of aromatic nitrogens is 7.